The average Bonchev–Trinajstić information content (AvgIpc) is 2.34. The molecule has 0 aromatic heterocycles. The van der Waals surface area contributed by atoms with E-state index in [1.165, 1.54) is 0 Å². The zero-order chi connectivity index (χ0) is 13.7. The van der Waals surface area contributed by atoms with Crippen molar-refractivity contribution >= 4 is 21.8 Å². The molecule has 0 unspecified atom stereocenters. The van der Waals surface area contributed by atoms with E-state index in [4.69, 9.17) is 4.74 Å². The molecular formula is C14H18BrNO3. The van der Waals surface area contributed by atoms with Gasteiger partial charge < -0.3 is 15.2 Å². The fourth-order valence-corrected chi connectivity index (χ4v) is 2.31. The van der Waals surface area contributed by atoms with Gasteiger partial charge >= 0.3 is 0 Å². The van der Waals surface area contributed by atoms with Crippen LogP contribution in [0.3, 0.4) is 0 Å². The van der Waals surface area contributed by atoms with E-state index >= 15 is 0 Å². The number of benzene rings is 1. The van der Waals surface area contributed by atoms with Gasteiger partial charge in [0.15, 0.2) is 0 Å². The van der Waals surface area contributed by atoms with Crippen molar-refractivity contribution in [2.24, 2.45) is 0 Å². The van der Waals surface area contributed by atoms with Crippen LogP contribution in [0.2, 0.25) is 0 Å². The number of ether oxygens (including phenoxy) is 1. The van der Waals surface area contributed by atoms with Crippen molar-refractivity contribution in [2.75, 3.05) is 13.2 Å². The molecular weight excluding hydrogens is 310 g/mol. The highest BCUT2D eigenvalue weighted by molar-refractivity contribution is 9.10. The Balaban J connectivity index is 1.63. The Morgan fingerprint density at radius 3 is 2.89 bits per heavy atom. The molecule has 1 fully saturated rings. The number of amides is 1. The topological polar surface area (TPSA) is 58.6 Å². The van der Waals surface area contributed by atoms with Crippen LogP contribution in [-0.4, -0.2) is 29.8 Å². The van der Waals surface area contributed by atoms with Crippen LogP contribution < -0.4 is 10.1 Å². The molecule has 1 aromatic rings. The molecule has 0 spiro atoms. The van der Waals surface area contributed by atoms with Gasteiger partial charge in [0.05, 0.1) is 18.6 Å². The number of rotatable bonds is 6. The molecule has 1 aromatic carbocycles. The fourth-order valence-electron chi connectivity index (χ4n) is 1.93. The number of nitrogens with one attached hydrogen (secondary N) is 1. The zero-order valence-electron chi connectivity index (χ0n) is 10.7. The summed E-state index contributed by atoms with van der Waals surface area (Å²) in [6.07, 6.45) is 2.89. The molecule has 5 heteroatoms. The van der Waals surface area contributed by atoms with Crippen LogP contribution in [0.4, 0.5) is 0 Å². The lowest BCUT2D eigenvalue weighted by atomic mass is 9.80. The van der Waals surface area contributed by atoms with Gasteiger partial charge in [-0.05, 0) is 37.5 Å². The van der Waals surface area contributed by atoms with E-state index in [1.54, 1.807) is 0 Å². The van der Waals surface area contributed by atoms with Gasteiger partial charge in [-0.2, -0.15) is 0 Å². The second-order valence-electron chi connectivity index (χ2n) is 4.91. The lowest BCUT2D eigenvalue weighted by Crippen LogP contribution is -2.47. The minimum absolute atomic E-state index is 0.0877. The third kappa shape index (κ3) is 4.51. The first-order valence-corrected chi connectivity index (χ1v) is 7.24. The van der Waals surface area contributed by atoms with Crippen LogP contribution in [0.5, 0.6) is 5.75 Å². The summed E-state index contributed by atoms with van der Waals surface area (Å²) in [5.74, 6) is 0.648. The van der Waals surface area contributed by atoms with Crippen molar-refractivity contribution in [2.45, 2.75) is 31.3 Å². The smallest absolute Gasteiger partial charge is 0.223 e. The number of carbonyl (C=O) groups excluding carboxylic acids is 1. The van der Waals surface area contributed by atoms with Crippen LogP contribution in [0.25, 0.3) is 0 Å². The maximum Gasteiger partial charge on any atom is 0.223 e. The summed E-state index contributed by atoms with van der Waals surface area (Å²) in [6, 6.07) is 7.50. The molecule has 0 heterocycles. The molecule has 4 nitrogen and oxygen atoms in total. The highest BCUT2D eigenvalue weighted by atomic mass is 79.9. The fraction of sp³-hybridized carbons (Fsp3) is 0.500. The van der Waals surface area contributed by atoms with Gasteiger partial charge in [-0.25, -0.2) is 0 Å². The molecule has 2 rings (SSSR count). The molecule has 1 saturated carbocycles. The maximum absolute atomic E-state index is 11.6. The van der Waals surface area contributed by atoms with E-state index in [1.807, 2.05) is 24.3 Å². The summed E-state index contributed by atoms with van der Waals surface area (Å²) >= 11 is 3.36. The Morgan fingerprint density at radius 2 is 2.26 bits per heavy atom. The first-order chi connectivity index (χ1) is 9.07. The van der Waals surface area contributed by atoms with E-state index in [9.17, 15) is 9.90 Å². The minimum atomic E-state index is -0.666. The standard InChI is InChI=1S/C14H18BrNO3/c15-11-3-1-4-12(9-11)19-8-5-13(17)16-10-14(18)6-2-7-14/h1,3-4,9,18H,2,5-8,10H2,(H,16,17). The normalized spacial score (nSPS) is 16.5. The summed E-state index contributed by atoms with van der Waals surface area (Å²) in [6.45, 7) is 0.684. The molecule has 0 saturated heterocycles. The van der Waals surface area contributed by atoms with Crippen molar-refractivity contribution in [1.29, 1.82) is 0 Å². The molecule has 19 heavy (non-hydrogen) atoms. The lowest BCUT2D eigenvalue weighted by Gasteiger charge is -2.36. The van der Waals surface area contributed by atoms with Gasteiger partial charge in [-0.3, -0.25) is 4.79 Å². The monoisotopic (exact) mass is 327 g/mol. The average molecular weight is 328 g/mol. The molecule has 2 N–H and O–H groups in total. The Kier molecular flexibility index (Phi) is 4.82. The van der Waals surface area contributed by atoms with Gasteiger partial charge in [0.1, 0.15) is 5.75 Å². The van der Waals surface area contributed by atoms with Crippen molar-refractivity contribution < 1.29 is 14.6 Å². The van der Waals surface area contributed by atoms with Gasteiger partial charge in [-0.15, -0.1) is 0 Å². The van der Waals surface area contributed by atoms with Gasteiger partial charge in [-0.1, -0.05) is 22.0 Å². The number of halogens is 1. The molecule has 1 aliphatic rings. The summed E-state index contributed by atoms with van der Waals surface area (Å²) in [5.41, 5.74) is -0.666. The Labute approximate surface area is 121 Å². The Morgan fingerprint density at radius 1 is 1.47 bits per heavy atom. The molecule has 1 aliphatic carbocycles. The second-order valence-corrected chi connectivity index (χ2v) is 5.83. The molecule has 0 aliphatic heterocycles. The third-order valence-corrected chi connectivity index (χ3v) is 3.79. The van der Waals surface area contributed by atoms with E-state index in [2.05, 4.69) is 21.2 Å². The predicted octanol–water partition coefficient (Wildman–Crippen LogP) is 2.25. The highest BCUT2D eigenvalue weighted by Gasteiger charge is 2.34. The number of hydrogen-bond acceptors (Lipinski definition) is 3. The Hall–Kier alpha value is -1.07. The quantitative estimate of drug-likeness (QED) is 0.842. The number of aliphatic hydroxyl groups is 1. The van der Waals surface area contributed by atoms with Crippen LogP contribution in [-0.2, 0) is 4.79 Å². The summed E-state index contributed by atoms with van der Waals surface area (Å²) in [7, 11) is 0. The van der Waals surface area contributed by atoms with E-state index in [0.29, 0.717) is 19.6 Å². The highest BCUT2D eigenvalue weighted by Crippen LogP contribution is 2.30. The molecule has 104 valence electrons. The second kappa shape index (κ2) is 6.39. The van der Waals surface area contributed by atoms with Crippen molar-refractivity contribution in [3.05, 3.63) is 28.7 Å². The van der Waals surface area contributed by atoms with Crippen LogP contribution in [0.1, 0.15) is 25.7 Å². The maximum atomic E-state index is 11.6. The molecule has 0 bridgehead atoms. The summed E-state index contributed by atoms with van der Waals surface area (Å²) in [4.78, 5) is 11.6. The minimum Gasteiger partial charge on any atom is -0.493 e. The Bertz CT molecular complexity index is 446. The zero-order valence-corrected chi connectivity index (χ0v) is 12.3. The molecule has 1 amide bonds. The summed E-state index contributed by atoms with van der Waals surface area (Å²) < 4.78 is 6.42. The number of carbonyl (C=O) groups is 1. The first-order valence-electron chi connectivity index (χ1n) is 6.45. The number of hydrogen-bond donors (Lipinski definition) is 2. The van der Waals surface area contributed by atoms with Gasteiger partial charge in [0.25, 0.3) is 0 Å². The van der Waals surface area contributed by atoms with Crippen molar-refractivity contribution in [3.63, 3.8) is 0 Å². The SMILES string of the molecule is O=C(CCOc1cccc(Br)c1)NCC1(O)CCC1. The van der Waals surface area contributed by atoms with Crippen LogP contribution in [0, 0.1) is 0 Å². The summed E-state index contributed by atoms with van der Waals surface area (Å²) in [5, 5.41) is 12.6. The molecule has 0 radical (unpaired) electrons. The van der Waals surface area contributed by atoms with Crippen LogP contribution >= 0.6 is 15.9 Å². The lowest BCUT2D eigenvalue weighted by molar-refractivity contribution is -0.124. The largest absolute Gasteiger partial charge is 0.493 e. The van der Waals surface area contributed by atoms with Gasteiger partial charge in [0, 0.05) is 11.0 Å². The van der Waals surface area contributed by atoms with Crippen molar-refractivity contribution in [3.8, 4) is 5.75 Å². The predicted molar refractivity (Wildman–Crippen MR) is 76.1 cm³/mol. The van der Waals surface area contributed by atoms with E-state index < -0.39 is 5.60 Å². The third-order valence-electron chi connectivity index (χ3n) is 3.29. The first kappa shape index (κ1) is 14.3. The van der Waals surface area contributed by atoms with Gasteiger partial charge in [0.2, 0.25) is 5.91 Å². The van der Waals surface area contributed by atoms with E-state index in [-0.39, 0.29) is 5.91 Å². The van der Waals surface area contributed by atoms with E-state index in [0.717, 1.165) is 29.5 Å². The molecule has 0 atom stereocenters. The van der Waals surface area contributed by atoms with Crippen LogP contribution in [0.15, 0.2) is 28.7 Å². The van der Waals surface area contributed by atoms with Crippen molar-refractivity contribution in [1.82, 2.24) is 5.32 Å².